The number of hydrogen-bond donors (Lipinski definition) is 2. The van der Waals surface area contributed by atoms with Crippen molar-refractivity contribution in [2.45, 2.75) is 39.2 Å². The molecule has 2 N–H and O–H groups in total. The molecule has 0 spiro atoms. The molecule has 1 aromatic carbocycles. The largest absolute Gasteiger partial charge is 0.378 e. The second kappa shape index (κ2) is 7.14. The summed E-state index contributed by atoms with van der Waals surface area (Å²) >= 11 is 0. The third-order valence-corrected chi connectivity index (χ3v) is 4.63. The molecule has 1 heterocycles. The van der Waals surface area contributed by atoms with Crippen LogP contribution in [0.2, 0.25) is 0 Å². The summed E-state index contributed by atoms with van der Waals surface area (Å²) in [7, 11) is 4.08. The molecular formula is C18H29N3O. The third-order valence-electron chi connectivity index (χ3n) is 4.63. The fraction of sp³-hybridized carbons (Fsp3) is 0.611. The van der Waals surface area contributed by atoms with Crippen LogP contribution in [0.1, 0.15) is 32.3 Å². The van der Waals surface area contributed by atoms with Crippen molar-refractivity contribution in [3.8, 4) is 0 Å². The standard InChI is InChI=1S/C18H29N3O/c1-14(13-15-5-7-16(8-6-15)21(3)4)20-17(22)18(2)9-11-19-12-10-18/h5-8,14,19H,9-13H2,1-4H3,(H,20,22). The van der Waals surface area contributed by atoms with E-state index in [4.69, 9.17) is 0 Å². The van der Waals surface area contributed by atoms with Gasteiger partial charge in [0.1, 0.15) is 0 Å². The molecule has 2 rings (SSSR count). The molecule has 1 fully saturated rings. The quantitative estimate of drug-likeness (QED) is 0.876. The molecule has 1 aromatic rings. The van der Waals surface area contributed by atoms with Crippen molar-refractivity contribution in [1.82, 2.24) is 10.6 Å². The van der Waals surface area contributed by atoms with Gasteiger partial charge >= 0.3 is 0 Å². The van der Waals surface area contributed by atoms with Crippen molar-refractivity contribution in [3.05, 3.63) is 29.8 Å². The van der Waals surface area contributed by atoms with Gasteiger partial charge in [-0.2, -0.15) is 0 Å². The molecular weight excluding hydrogens is 274 g/mol. The maximum Gasteiger partial charge on any atom is 0.226 e. The van der Waals surface area contributed by atoms with Gasteiger partial charge in [-0.3, -0.25) is 4.79 Å². The summed E-state index contributed by atoms with van der Waals surface area (Å²) in [5, 5.41) is 6.52. The number of amides is 1. The van der Waals surface area contributed by atoms with Gasteiger partial charge in [0, 0.05) is 31.2 Å². The third kappa shape index (κ3) is 4.23. The van der Waals surface area contributed by atoms with E-state index in [1.54, 1.807) is 0 Å². The zero-order valence-corrected chi connectivity index (χ0v) is 14.3. The highest BCUT2D eigenvalue weighted by atomic mass is 16.2. The zero-order chi connectivity index (χ0) is 16.2. The zero-order valence-electron chi connectivity index (χ0n) is 14.3. The lowest BCUT2D eigenvalue weighted by Gasteiger charge is -2.33. The van der Waals surface area contributed by atoms with E-state index in [1.807, 2.05) is 14.1 Å². The van der Waals surface area contributed by atoms with Gasteiger partial charge in [0.05, 0.1) is 0 Å². The van der Waals surface area contributed by atoms with Crippen LogP contribution in [-0.4, -0.2) is 39.1 Å². The maximum absolute atomic E-state index is 12.5. The number of anilines is 1. The van der Waals surface area contributed by atoms with E-state index in [0.717, 1.165) is 32.4 Å². The summed E-state index contributed by atoms with van der Waals surface area (Å²) in [4.78, 5) is 14.6. The SMILES string of the molecule is CC(Cc1ccc(N(C)C)cc1)NC(=O)C1(C)CCNCC1. The molecule has 4 nitrogen and oxygen atoms in total. The highest BCUT2D eigenvalue weighted by Gasteiger charge is 2.34. The summed E-state index contributed by atoms with van der Waals surface area (Å²) in [6, 6.07) is 8.69. The Bertz CT molecular complexity index is 490. The highest BCUT2D eigenvalue weighted by Crippen LogP contribution is 2.28. The Balaban J connectivity index is 1.89. The molecule has 0 radical (unpaired) electrons. The predicted octanol–water partition coefficient (Wildman–Crippen LogP) is 2.19. The first kappa shape index (κ1) is 16.8. The number of nitrogens with zero attached hydrogens (tertiary/aromatic N) is 1. The first-order valence-electron chi connectivity index (χ1n) is 8.19. The molecule has 1 saturated heterocycles. The summed E-state index contributed by atoms with van der Waals surface area (Å²) in [6.07, 6.45) is 2.71. The minimum absolute atomic E-state index is 0.157. The number of carbonyl (C=O) groups is 1. The van der Waals surface area contributed by atoms with E-state index in [-0.39, 0.29) is 17.4 Å². The lowest BCUT2D eigenvalue weighted by molar-refractivity contribution is -0.132. The Labute approximate surface area is 134 Å². The van der Waals surface area contributed by atoms with E-state index in [9.17, 15) is 4.79 Å². The summed E-state index contributed by atoms with van der Waals surface area (Å²) in [5.41, 5.74) is 2.24. The number of piperidine rings is 1. The van der Waals surface area contributed by atoms with Crippen LogP contribution in [0.4, 0.5) is 5.69 Å². The lowest BCUT2D eigenvalue weighted by Crippen LogP contribution is -2.48. The fourth-order valence-electron chi connectivity index (χ4n) is 2.94. The number of benzene rings is 1. The molecule has 0 aromatic heterocycles. The molecule has 0 aliphatic carbocycles. The number of rotatable bonds is 5. The van der Waals surface area contributed by atoms with Crippen LogP contribution in [0.15, 0.2) is 24.3 Å². The Morgan fingerprint density at radius 3 is 2.41 bits per heavy atom. The van der Waals surface area contributed by atoms with Crippen LogP contribution in [0.5, 0.6) is 0 Å². The van der Waals surface area contributed by atoms with Crippen LogP contribution in [0, 0.1) is 5.41 Å². The molecule has 4 heteroatoms. The van der Waals surface area contributed by atoms with E-state index in [0.29, 0.717) is 0 Å². The van der Waals surface area contributed by atoms with Crippen molar-refractivity contribution in [2.24, 2.45) is 5.41 Å². The Morgan fingerprint density at radius 2 is 1.86 bits per heavy atom. The van der Waals surface area contributed by atoms with Crippen LogP contribution in [0.25, 0.3) is 0 Å². The minimum Gasteiger partial charge on any atom is -0.378 e. The van der Waals surface area contributed by atoms with E-state index in [2.05, 4.69) is 53.6 Å². The van der Waals surface area contributed by atoms with Crippen LogP contribution in [-0.2, 0) is 11.2 Å². The summed E-state index contributed by atoms with van der Waals surface area (Å²) in [5.74, 6) is 0.200. The Hall–Kier alpha value is -1.55. The average molecular weight is 303 g/mol. The van der Waals surface area contributed by atoms with Gasteiger partial charge in [-0.25, -0.2) is 0 Å². The number of carbonyl (C=O) groups excluding carboxylic acids is 1. The molecule has 1 aliphatic heterocycles. The van der Waals surface area contributed by atoms with E-state index in [1.165, 1.54) is 11.3 Å². The van der Waals surface area contributed by atoms with Gasteiger partial charge in [-0.15, -0.1) is 0 Å². The molecule has 0 bridgehead atoms. The normalized spacial score (nSPS) is 18.5. The van der Waals surface area contributed by atoms with Crippen molar-refractivity contribution in [3.63, 3.8) is 0 Å². The average Bonchev–Trinajstić information content (AvgIpc) is 2.48. The molecule has 1 amide bonds. The number of hydrogen-bond acceptors (Lipinski definition) is 3. The number of nitrogens with one attached hydrogen (secondary N) is 2. The molecule has 22 heavy (non-hydrogen) atoms. The summed E-state index contributed by atoms with van der Waals surface area (Å²) < 4.78 is 0. The molecule has 1 unspecified atom stereocenters. The van der Waals surface area contributed by atoms with E-state index < -0.39 is 0 Å². The van der Waals surface area contributed by atoms with Crippen molar-refractivity contribution >= 4 is 11.6 Å². The molecule has 1 aliphatic rings. The van der Waals surface area contributed by atoms with Crippen molar-refractivity contribution in [1.29, 1.82) is 0 Å². The lowest BCUT2D eigenvalue weighted by atomic mass is 9.80. The molecule has 1 atom stereocenters. The second-order valence-corrected chi connectivity index (χ2v) is 6.95. The monoisotopic (exact) mass is 303 g/mol. The first-order valence-corrected chi connectivity index (χ1v) is 8.19. The van der Waals surface area contributed by atoms with Crippen LogP contribution in [0.3, 0.4) is 0 Å². The Kier molecular flexibility index (Phi) is 5.46. The van der Waals surface area contributed by atoms with Crippen LogP contribution >= 0.6 is 0 Å². The van der Waals surface area contributed by atoms with Gasteiger partial charge < -0.3 is 15.5 Å². The Morgan fingerprint density at radius 1 is 1.27 bits per heavy atom. The highest BCUT2D eigenvalue weighted by molar-refractivity contribution is 5.82. The summed E-state index contributed by atoms with van der Waals surface area (Å²) in [6.45, 7) is 6.04. The predicted molar refractivity (Wildman–Crippen MR) is 92.3 cm³/mol. The van der Waals surface area contributed by atoms with Gasteiger partial charge in [0.2, 0.25) is 5.91 Å². The molecule has 122 valence electrons. The first-order chi connectivity index (χ1) is 10.4. The van der Waals surface area contributed by atoms with Gasteiger partial charge in [0.25, 0.3) is 0 Å². The topological polar surface area (TPSA) is 44.4 Å². The van der Waals surface area contributed by atoms with Gasteiger partial charge in [-0.1, -0.05) is 19.1 Å². The second-order valence-electron chi connectivity index (χ2n) is 6.95. The smallest absolute Gasteiger partial charge is 0.226 e. The van der Waals surface area contributed by atoms with Crippen molar-refractivity contribution < 1.29 is 4.79 Å². The van der Waals surface area contributed by atoms with Crippen LogP contribution < -0.4 is 15.5 Å². The van der Waals surface area contributed by atoms with Gasteiger partial charge in [-0.05, 0) is 57.0 Å². The van der Waals surface area contributed by atoms with Gasteiger partial charge in [0.15, 0.2) is 0 Å². The van der Waals surface area contributed by atoms with Crippen molar-refractivity contribution in [2.75, 3.05) is 32.1 Å². The molecule has 0 saturated carbocycles. The minimum atomic E-state index is -0.214. The fourth-order valence-corrected chi connectivity index (χ4v) is 2.94. The maximum atomic E-state index is 12.5. The van der Waals surface area contributed by atoms with E-state index >= 15 is 0 Å².